The summed E-state index contributed by atoms with van der Waals surface area (Å²) < 4.78 is 0. The van der Waals surface area contributed by atoms with E-state index in [1.165, 1.54) is 6.42 Å². The van der Waals surface area contributed by atoms with Crippen LogP contribution in [0.15, 0.2) is 0 Å². The molecule has 110 valence electrons. The van der Waals surface area contributed by atoms with Gasteiger partial charge in [-0.1, -0.05) is 26.2 Å². The maximum absolute atomic E-state index is 12.6. The van der Waals surface area contributed by atoms with Crippen molar-refractivity contribution < 1.29 is 9.90 Å². The Morgan fingerprint density at radius 2 is 2.16 bits per heavy atom. The fraction of sp³-hybridized carbons (Fsp3) is 0.933. The topological polar surface area (TPSA) is 61.4 Å². The Labute approximate surface area is 116 Å². The molecule has 1 aliphatic carbocycles. The van der Waals surface area contributed by atoms with Crippen LogP contribution < -0.4 is 10.6 Å². The van der Waals surface area contributed by atoms with Crippen molar-refractivity contribution >= 4 is 5.91 Å². The van der Waals surface area contributed by atoms with Gasteiger partial charge in [-0.25, -0.2) is 0 Å². The van der Waals surface area contributed by atoms with Crippen LogP contribution in [0.1, 0.15) is 58.3 Å². The van der Waals surface area contributed by atoms with Crippen molar-refractivity contribution in [3.8, 4) is 0 Å². The summed E-state index contributed by atoms with van der Waals surface area (Å²) in [6, 6.07) is 0.169. The number of hydrogen-bond acceptors (Lipinski definition) is 3. The lowest BCUT2D eigenvalue weighted by molar-refractivity contribution is -0.129. The molecule has 1 aliphatic heterocycles. The van der Waals surface area contributed by atoms with Gasteiger partial charge in [0.05, 0.1) is 5.54 Å². The van der Waals surface area contributed by atoms with Crippen LogP contribution in [0.4, 0.5) is 0 Å². The Morgan fingerprint density at radius 1 is 1.37 bits per heavy atom. The number of aliphatic hydroxyl groups is 1. The lowest BCUT2D eigenvalue weighted by Gasteiger charge is -2.35. The lowest BCUT2D eigenvalue weighted by Crippen LogP contribution is -2.57. The largest absolute Gasteiger partial charge is 0.396 e. The van der Waals surface area contributed by atoms with Crippen LogP contribution in [0.25, 0.3) is 0 Å². The van der Waals surface area contributed by atoms with Crippen molar-refractivity contribution in [1.29, 1.82) is 0 Å². The first-order valence-corrected chi connectivity index (χ1v) is 7.88. The first kappa shape index (κ1) is 14.8. The summed E-state index contributed by atoms with van der Waals surface area (Å²) in [4.78, 5) is 12.6. The van der Waals surface area contributed by atoms with E-state index in [1.807, 2.05) is 0 Å². The molecule has 1 saturated heterocycles. The van der Waals surface area contributed by atoms with Gasteiger partial charge in [-0.3, -0.25) is 4.79 Å². The zero-order chi connectivity index (χ0) is 13.7. The zero-order valence-corrected chi connectivity index (χ0v) is 12.1. The molecule has 1 amide bonds. The molecular weight excluding hydrogens is 240 g/mol. The second-order valence-electron chi connectivity index (χ2n) is 6.17. The molecule has 3 atom stereocenters. The molecule has 2 aliphatic rings. The highest BCUT2D eigenvalue weighted by atomic mass is 16.3. The van der Waals surface area contributed by atoms with Gasteiger partial charge in [0.25, 0.3) is 0 Å². The summed E-state index contributed by atoms with van der Waals surface area (Å²) in [6.07, 6.45) is 8.36. The van der Waals surface area contributed by atoms with E-state index in [2.05, 4.69) is 17.6 Å². The zero-order valence-electron chi connectivity index (χ0n) is 12.1. The number of nitrogens with one attached hydrogen (secondary N) is 2. The van der Waals surface area contributed by atoms with Crippen LogP contribution in [0, 0.1) is 5.92 Å². The molecule has 0 bridgehead atoms. The van der Waals surface area contributed by atoms with Crippen molar-refractivity contribution in [2.24, 2.45) is 5.92 Å². The molecule has 0 radical (unpaired) electrons. The third-order valence-corrected chi connectivity index (χ3v) is 4.82. The Bertz CT molecular complexity index is 301. The molecule has 2 rings (SSSR count). The van der Waals surface area contributed by atoms with Crippen LogP contribution in [-0.2, 0) is 4.79 Å². The molecule has 2 fully saturated rings. The van der Waals surface area contributed by atoms with E-state index in [-0.39, 0.29) is 30.0 Å². The van der Waals surface area contributed by atoms with Crippen LogP contribution in [0.2, 0.25) is 0 Å². The van der Waals surface area contributed by atoms with Crippen LogP contribution in [-0.4, -0.2) is 35.7 Å². The second kappa shape index (κ2) is 6.71. The molecular formula is C15H28N2O2. The first-order valence-electron chi connectivity index (χ1n) is 7.88. The smallest absolute Gasteiger partial charge is 0.240 e. The molecule has 19 heavy (non-hydrogen) atoms. The van der Waals surface area contributed by atoms with Gasteiger partial charge in [0.15, 0.2) is 0 Å². The summed E-state index contributed by atoms with van der Waals surface area (Å²) in [5.74, 6) is 0.412. The van der Waals surface area contributed by atoms with Gasteiger partial charge in [-0.05, 0) is 38.6 Å². The first-order chi connectivity index (χ1) is 9.22. The third-order valence-electron chi connectivity index (χ3n) is 4.82. The maximum atomic E-state index is 12.6. The number of amides is 1. The molecule has 4 nitrogen and oxygen atoms in total. The molecule has 0 aromatic rings. The van der Waals surface area contributed by atoms with Crippen molar-refractivity contribution in [1.82, 2.24) is 10.6 Å². The van der Waals surface area contributed by atoms with Crippen molar-refractivity contribution in [2.75, 3.05) is 13.2 Å². The van der Waals surface area contributed by atoms with E-state index < -0.39 is 0 Å². The molecule has 3 unspecified atom stereocenters. The summed E-state index contributed by atoms with van der Waals surface area (Å²) in [5.41, 5.74) is -0.341. The van der Waals surface area contributed by atoms with Crippen molar-refractivity contribution in [3.05, 3.63) is 0 Å². The van der Waals surface area contributed by atoms with E-state index in [0.29, 0.717) is 0 Å². The van der Waals surface area contributed by atoms with Crippen LogP contribution in [0.5, 0.6) is 0 Å². The summed E-state index contributed by atoms with van der Waals surface area (Å²) in [7, 11) is 0. The molecule has 0 aromatic heterocycles. The predicted octanol–water partition coefficient (Wildman–Crippen LogP) is 1.58. The van der Waals surface area contributed by atoms with Crippen LogP contribution >= 0.6 is 0 Å². The van der Waals surface area contributed by atoms with E-state index in [1.54, 1.807) is 0 Å². The van der Waals surface area contributed by atoms with E-state index in [9.17, 15) is 9.90 Å². The highest BCUT2D eigenvalue weighted by Crippen LogP contribution is 2.28. The van der Waals surface area contributed by atoms with Gasteiger partial charge in [0.1, 0.15) is 0 Å². The minimum atomic E-state index is -0.341. The van der Waals surface area contributed by atoms with E-state index in [4.69, 9.17) is 0 Å². The van der Waals surface area contributed by atoms with Crippen molar-refractivity contribution in [3.63, 3.8) is 0 Å². The number of aliphatic hydroxyl groups excluding tert-OH is 1. The quantitative estimate of drug-likeness (QED) is 0.709. The lowest BCUT2D eigenvalue weighted by atomic mass is 9.83. The summed E-state index contributed by atoms with van der Waals surface area (Å²) in [5, 5.41) is 16.1. The Balaban J connectivity index is 1.98. The fourth-order valence-corrected chi connectivity index (χ4v) is 3.68. The minimum Gasteiger partial charge on any atom is -0.396 e. The molecule has 0 aromatic carbocycles. The van der Waals surface area contributed by atoms with E-state index >= 15 is 0 Å². The number of rotatable bonds is 5. The maximum Gasteiger partial charge on any atom is 0.240 e. The SMILES string of the molecule is CCCC1(C(=O)NC2CCCCC2CO)CCCN1. The standard InChI is InChI=1S/C15H28N2O2/c1-2-8-15(9-5-10-16-15)14(19)17-13-7-4-3-6-12(13)11-18/h12-13,16,18H,2-11H2,1H3,(H,17,19). The number of carbonyl (C=O) groups excluding carboxylic acids is 1. The number of carbonyl (C=O) groups is 1. The van der Waals surface area contributed by atoms with Gasteiger partial charge >= 0.3 is 0 Å². The van der Waals surface area contributed by atoms with Gasteiger partial charge in [-0.15, -0.1) is 0 Å². The average molecular weight is 268 g/mol. The van der Waals surface area contributed by atoms with Gasteiger partial charge in [-0.2, -0.15) is 0 Å². The molecule has 1 saturated carbocycles. The molecule has 1 heterocycles. The van der Waals surface area contributed by atoms with E-state index in [0.717, 1.165) is 51.5 Å². The predicted molar refractivity (Wildman–Crippen MR) is 75.9 cm³/mol. The van der Waals surface area contributed by atoms with Crippen molar-refractivity contribution in [2.45, 2.75) is 69.9 Å². The monoisotopic (exact) mass is 268 g/mol. The fourth-order valence-electron chi connectivity index (χ4n) is 3.68. The summed E-state index contributed by atoms with van der Waals surface area (Å²) in [6.45, 7) is 3.27. The third kappa shape index (κ3) is 3.29. The molecule has 4 heteroatoms. The average Bonchev–Trinajstić information content (AvgIpc) is 2.90. The number of hydrogen-bond donors (Lipinski definition) is 3. The molecule has 3 N–H and O–H groups in total. The minimum absolute atomic E-state index is 0.164. The van der Waals surface area contributed by atoms with Gasteiger partial charge in [0, 0.05) is 18.6 Å². The Kier molecular flexibility index (Phi) is 5.22. The Morgan fingerprint density at radius 3 is 2.79 bits per heavy atom. The Hall–Kier alpha value is -0.610. The normalized spacial score (nSPS) is 35.3. The van der Waals surface area contributed by atoms with Gasteiger partial charge < -0.3 is 15.7 Å². The highest BCUT2D eigenvalue weighted by molar-refractivity contribution is 5.87. The summed E-state index contributed by atoms with van der Waals surface area (Å²) >= 11 is 0. The highest BCUT2D eigenvalue weighted by Gasteiger charge is 2.41. The van der Waals surface area contributed by atoms with Gasteiger partial charge in [0.2, 0.25) is 5.91 Å². The van der Waals surface area contributed by atoms with Crippen LogP contribution in [0.3, 0.4) is 0 Å². The molecule has 0 spiro atoms. The second-order valence-corrected chi connectivity index (χ2v) is 6.17.